The maximum atomic E-state index is 11.3. The third-order valence-electron chi connectivity index (χ3n) is 2.85. The Morgan fingerprint density at radius 2 is 2.06 bits per heavy atom. The number of carbonyl (C=O) groups is 2. The number of carbonyl (C=O) groups excluding carboxylic acids is 2. The van der Waals surface area contributed by atoms with Gasteiger partial charge in [0.1, 0.15) is 0 Å². The maximum absolute atomic E-state index is 11.3. The first kappa shape index (κ1) is 14.9. The van der Waals surface area contributed by atoms with E-state index in [1.54, 1.807) is 6.92 Å². The van der Waals surface area contributed by atoms with Crippen LogP contribution in [0.15, 0.2) is 0 Å². The molecule has 0 bridgehead atoms. The average Bonchev–Trinajstić information content (AvgIpc) is 2.34. The van der Waals surface area contributed by atoms with Crippen LogP contribution in [0.25, 0.3) is 0 Å². The van der Waals surface area contributed by atoms with Gasteiger partial charge in [0.05, 0.1) is 19.3 Å². The standard InChI is InChI=1S/C11H22N4O3/c1-9(10(16)14-11(12)17)13-3-2-4-15-5-7-18-8-6-15/h9,13H,2-8H2,1H3,(H3,12,14,16,17). The third kappa shape index (κ3) is 5.95. The molecule has 4 N–H and O–H groups in total. The van der Waals surface area contributed by atoms with Crippen molar-refractivity contribution < 1.29 is 14.3 Å². The van der Waals surface area contributed by atoms with Gasteiger partial charge in [-0.15, -0.1) is 0 Å². The van der Waals surface area contributed by atoms with Crippen LogP contribution in [0.3, 0.4) is 0 Å². The quantitative estimate of drug-likeness (QED) is 0.524. The number of nitrogens with two attached hydrogens (primary N) is 1. The lowest BCUT2D eigenvalue weighted by atomic mass is 10.3. The second kappa shape index (κ2) is 8.02. The molecule has 0 aliphatic carbocycles. The van der Waals surface area contributed by atoms with Crippen LogP contribution < -0.4 is 16.4 Å². The zero-order valence-electron chi connectivity index (χ0n) is 10.8. The van der Waals surface area contributed by atoms with Crippen LogP contribution in [0, 0.1) is 0 Å². The Morgan fingerprint density at radius 1 is 1.39 bits per heavy atom. The smallest absolute Gasteiger partial charge is 0.318 e. The minimum Gasteiger partial charge on any atom is -0.379 e. The van der Waals surface area contributed by atoms with Crippen molar-refractivity contribution in [1.29, 1.82) is 0 Å². The SMILES string of the molecule is CC(NCCCN1CCOCC1)C(=O)NC(N)=O. The molecule has 1 aliphatic heterocycles. The van der Waals surface area contributed by atoms with E-state index in [0.29, 0.717) is 0 Å². The van der Waals surface area contributed by atoms with Crippen LogP contribution in [-0.2, 0) is 9.53 Å². The first-order valence-electron chi connectivity index (χ1n) is 6.23. The summed E-state index contributed by atoms with van der Waals surface area (Å²) in [6, 6.07) is -1.23. The molecule has 18 heavy (non-hydrogen) atoms. The Bertz CT molecular complexity index is 279. The van der Waals surface area contributed by atoms with Gasteiger partial charge in [-0.2, -0.15) is 0 Å². The van der Waals surface area contributed by atoms with E-state index in [-0.39, 0.29) is 0 Å². The molecule has 1 unspecified atom stereocenters. The molecule has 1 fully saturated rings. The highest BCUT2D eigenvalue weighted by molar-refractivity contribution is 5.96. The van der Waals surface area contributed by atoms with E-state index < -0.39 is 18.0 Å². The summed E-state index contributed by atoms with van der Waals surface area (Å²) in [7, 11) is 0. The molecular formula is C11H22N4O3. The van der Waals surface area contributed by atoms with E-state index in [2.05, 4.69) is 10.2 Å². The summed E-state index contributed by atoms with van der Waals surface area (Å²) in [6.45, 7) is 6.95. The number of primary amides is 1. The minimum absolute atomic E-state index is 0.395. The molecule has 1 rings (SSSR count). The van der Waals surface area contributed by atoms with Crippen LogP contribution in [-0.4, -0.2) is 62.3 Å². The summed E-state index contributed by atoms with van der Waals surface area (Å²) in [4.78, 5) is 24.2. The summed E-state index contributed by atoms with van der Waals surface area (Å²) < 4.78 is 5.26. The van der Waals surface area contributed by atoms with Gasteiger partial charge in [0, 0.05) is 13.1 Å². The molecule has 1 heterocycles. The van der Waals surface area contributed by atoms with Crippen molar-refractivity contribution in [3.05, 3.63) is 0 Å². The van der Waals surface area contributed by atoms with Crippen molar-refractivity contribution >= 4 is 11.9 Å². The highest BCUT2D eigenvalue weighted by Gasteiger charge is 2.14. The van der Waals surface area contributed by atoms with E-state index in [0.717, 1.165) is 45.8 Å². The minimum atomic E-state index is -0.818. The molecule has 7 heteroatoms. The molecule has 0 radical (unpaired) electrons. The molecular weight excluding hydrogens is 236 g/mol. The fourth-order valence-electron chi connectivity index (χ4n) is 1.77. The summed E-state index contributed by atoms with van der Waals surface area (Å²) in [5, 5.41) is 5.09. The predicted octanol–water partition coefficient (Wildman–Crippen LogP) is -1.12. The van der Waals surface area contributed by atoms with Gasteiger partial charge in [0.15, 0.2) is 0 Å². The lowest BCUT2D eigenvalue weighted by Crippen LogP contribution is -2.47. The van der Waals surface area contributed by atoms with Gasteiger partial charge >= 0.3 is 6.03 Å². The van der Waals surface area contributed by atoms with Crippen molar-refractivity contribution in [1.82, 2.24) is 15.5 Å². The number of rotatable bonds is 6. The largest absolute Gasteiger partial charge is 0.379 e. The summed E-state index contributed by atoms with van der Waals surface area (Å²) in [5.74, 6) is -0.395. The second-order valence-corrected chi connectivity index (χ2v) is 4.34. The molecule has 104 valence electrons. The highest BCUT2D eigenvalue weighted by Crippen LogP contribution is 1.97. The number of imide groups is 1. The van der Waals surface area contributed by atoms with Crippen molar-refractivity contribution in [2.45, 2.75) is 19.4 Å². The maximum Gasteiger partial charge on any atom is 0.318 e. The van der Waals surface area contributed by atoms with Crippen molar-refractivity contribution in [3.8, 4) is 0 Å². The predicted molar refractivity (Wildman–Crippen MR) is 67.1 cm³/mol. The first-order valence-corrected chi connectivity index (χ1v) is 6.23. The zero-order chi connectivity index (χ0) is 13.4. The average molecular weight is 258 g/mol. The Hall–Kier alpha value is -1.18. The van der Waals surface area contributed by atoms with Gasteiger partial charge < -0.3 is 15.8 Å². The monoisotopic (exact) mass is 258 g/mol. The van der Waals surface area contributed by atoms with Gasteiger partial charge in [-0.3, -0.25) is 15.0 Å². The normalized spacial score (nSPS) is 18.3. The number of ether oxygens (including phenoxy) is 1. The summed E-state index contributed by atoms with van der Waals surface area (Å²) >= 11 is 0. The van der Waals surface area contributed by atoms with E-state index in [4.69, 9.17) is 10.5 Å². The molecule has 0 aromatic carbocycles. The lowest BCUT2D eigenvalue weighted by Gasteiger charge is -2.26. The first-order chi connectivity index (χ1) is 8.59. The number of hydrogen-bond acceptors (Lipinski definition) is 5. The van der Waals surface area contributed by atoms with Crippen LogP contribution in [0.5, 0.6) is 0 Å². The Morgan fingerprint density at radius 3 is 2.67 bits per heavy atom. The fourth-order valence-corrected chi connectivity index (χ4v) is 1.77. The van der Waals surface area contributed by atoms with Crippen LogP contribution in [0.4, 0.5) is 4.79 Å². The molecule has 7 nitrogen and oxygen atoms in total. The Labute approximate surface area is 107 Å². The van der Waals surface area contributed by atoms with Crippen LogP contribution in [0.2, 0.25) is 0 Å². The van der Waals surface area contributed by atoms with Crippen molar-refractivity contribution in [2.75, 3.05) is 39.4 Å². The molecule has 0 saturated carbocycles. The van der Waals surface area contributed by atoms with Gasteiger partial charge in [0.25, 0.3) is 0 Å². The van der Waals surface area contributed by atoms with Crippen molar-refractivity contribution in [3.63, 3.8) is 0 Å². The number of nitrogens with one attached hydrogen (secondary N) is 2. The van der Waals surface area contributed by atoms with Gasteiger partial charge in [-0.1, -0.05) is 0 Å². The summed E-state index contributed by atoms with van der Waals surface area (Å²) in [6.07, 6.45) is 0.953. The molecule has 0 aromatic heterocycles. The lowest BCUT2D eigenvalue weighted by molar-refractivity contribution is -0.121. The summed E-state index contributed by atoms with van der Waals surface area (Å²) in [5.41, 5.74) is 4.87. The van der Waals surface area contributed by atoms with Gasteiger partial charge in [-0.25, -0.2) is 4.79 Å². The number of nitrogens with zero attached hydrogens (tertiary/aromatic N) is 1. The van der Waals surface area contributed by atoms with Gasteiger partial charge in [-0.05, 0) is 26.4 Å². The number of hydrogen-bond donors (Lipinski definition) is 3. The fraction of sp³-hybridized carbons (Fsp3) is 0.818. The highest BCUT2D eigenvalue weighted by atomic mass is 16.5. The zero-order valence-corrected chi connectivity index (χ0v) is 10.8. The van der Waals surface area contributed by atoms with E-state index in [1.807, 2.05) is 5.32 Å². The molecule has 1 aliphatic rings. The van der Waals surface area contributed by atoms with E-state index in [9.17, 15) is 9.59 Å². The van der Waals surface area contributed by atoms with Crippen molar-refractivity contribution in [2.24, 2.45) is 5.73 Å². The van der Waals surface area contributed by atoms with E-state index in [1.165, 1.54) is 0 Å². The number of urea groups is 1. The molecule has 1 saturated heterocycles. The van der Waals surface area contributed by atoms with Gasteiger partial charge in [0.2, 0.25) is 5.91 Å². The van der Waals surface area contributed by atoms with Crippen LogP contribution >= 0.6 is 0 Å². The topological polar surface area (TPSA) is 96.7 Å². The number of amides is 3. The Balaban J connectivity index is 2.05. The second-order valence-electron chi connectivity index (χ2n) is 4.34. The molecule has 1 atom stereocenters. The molecule has 0 spiro atoms. The third-order valence-corrected chi connectivity index (χ3v) is 2.85. The van der Waals surface area contributed by atoms with E-state index >= 15 is 0 Å². The number of morpholine rings is 1. The van der Waals surface area contributed by atoms with Crippen LogP contribution in [0.1, 0.15) is 13.3 Å². The Kier molecular flexibility index (Phi) is 6.63. The molecule has 0 aromatic rings. The molecule has 3 amide bonds.